The summed E-state index contributed by atoms with van der Waals surface area (Å²) in [5, 5.41) is 0. The van der Waals surface area contributed by atoms with Crippen LogP contribution in [0.5, 0.6) is 0 Å². The quantitative estimate of drug-likeness (QED) is 0.603. The summed E-state index contributed by atoms with van der Waals surface area (Å²) in [7, 11) is 0. The van der Waals surface area contributed by atoms with Gasteiger partial charge in [-0.2, -0.15) is 0 Å². The molecule has 1 atom stereocenters. The van der Waals surface area contributed by atoms with Crippen LogP contribution >= 0.6 is 24.4 Å². The zero-order chi connectivity index (χ0) is 11.4. The molecule has 0 aliphatic rings. The largest absolute Gasteiger partial charge is 0.137 e. The molecule has 1 unspecified atom stereocenters. The molecule has 0 N–H and O–H groups in total. The van der Waals surface area contributed by atoms with Crippen LogP contribution in [0.2, 0.25) is 0 Å². The van der Waals surface area contributed by atoms with Crippen LogP contribution in [-0.4, -0.2) is 8.83 Å². The average molecular weight is 233 g/mol. The molecule has 2 heteroatoms. The van der Waals surface area contributed by atoms with Crippen molar-refractivity contribution in [3.63, 3.8) is 0 Å². The molecule has 0 aromatic rings. The van der Waals surface area contributed by atoms with E-state index in [4.69, 9.17) is 12.6 Å². The molecule has 1 radical (unpaired) electrons. The number of thioether (sulfide) groups is 1. The summed E-state index contributed by atoms with van der Waals surface area (Å²) in [5.74, 6) is 0.574. The van der Waals surface area contributed by atoms with Crippen molar-refractivity contribution in [2.24, 2.45) is 5.92 Å². The van der Waals surface area contributed by atoms with E-state index < -0.39 is 0 Å². The molecule has 0 bridgehead atoms. The zero-order valence-corrected chi connectivity index (χ0v) is 12.1. The van der Waals surface area contributed by atoms with E-state index in [9.17, 15) is 0 Å². The summed E-state index contributed by atoms with van der Waals surface area (Å²) in [6.07, 6.45) is 3.50. The van der Waals surface area contributed by atoms with Gasteiger partial charge >= 0.3 is 0 Å². The second-order valence-corrected chi connectivity index (χ2v) is 7.48. The van der Waals surface area contributed by atoms with Crippen LogP contribution < -0.4 is 0 Å². The van der Waals surface area contributed by atoms with Gasteiger partial charge in [0, 0.05) is 4.75 Å². The molecule has 0 aliphatic carbocycles. The Hall–Kier alpha value is 0.700. The molecule has 0 spiro atoms. The second-order valence-electron chi connectivity index (χ2n) is 4.58. The normalized spacial score (nSPS) is 17.1. The van der Waals surface area contributed by atoms with Crippen LogP contribution in [0.15, 0.2) is 0 Å². The van der Waals surface area contributed by atoms with Crippen LogP contribution in [0.1, 0.15) is 60.8 Å². The fourth-order valence-corrected chi connectivity index (χ4v) is 3.52. The highest BCUT2D eigenvalue weighted by molar-refractivity contribution is 8.12. The summed E-state index contributed by atoms with van der Waals surface area (Å²) in [6.45, 7) is 13.6. The lowest BCUT2D eigenvalue weighted by Crippen LogP contribution is -2.32. The van der Waals surface area contributed by atoms with Crippen LogP contribution in [0.3, 0.4) is 0 Å². The SMILES string of the molecule is CCC(C)(CC)SC([S])(CC)C(C)C. The van der Waals surface area contributed by atoms with E-state index in [2.05, 4.69) is 41.5 Å². The van der Waals surface area contributed by atoms with Crippen molar-refractivity contribution in [1.82, 2.24) is 0 Å². The van der Waals surface area contributed by atoms with Gasteiger partial charge in [-0.25, -0.2) is 0 Å². The highest BCUT2D eigenvalue weighted by Gasteiger charge is 2.36. The Morgan fingerprint density at radius 2 is 1.50 bits per heavy atom. The van der Waals surface area contributed by atoms with Crippen molar-refractivity contribution in [3.8, 4) is 0 Å². The minimum absolute atomic E-state index is 0.0285. The maximum atomic E-state index is 5.77. The lowest BCUT2D eigenvalue weighted by molar-refractivity contribution is 0.532. The topological polar surface area (TPSA) is 0 Å². The third-order valence-corrected chi connectivity index (χ3v) is 6.47. The average Bonchev–Trinajstić information content (AvgIpc) is 2.17. The van der Waals surface area contributed by atoms with E-state index in [1.165, 1.54) is 12.8 Å². The minimum Gasteiger partial charge on any atom is -0.137 e. The molecule has 0 saturated heterocycles. The number of rotatable bonds is 6. The van der Waals surface area contributed by atoms with Crippen LogP contribution in [0.25, 0.3) is 0 Å². The van der Waals surface area contributed by atoms with Crippen molar-refractivity contribution in [2.45, 2.75) is 69.6 Å². The van der Waals surface area contributed by atoms with E-state index in [0.29, 0.717) is 10.7 Å². The van der Waals surface area contributed by atoms with Crippen molar-refractivity contribution >= 4 is 24.4 Å². The van der Waals surface area contributed by atoms with E-state index in [-0.39, 0.29) is 4.08 Å². The summed E-state index contributed by atoms with van der Waals surface area (Å²) in [4.78, 5) is 0. The molecule has 0 rings (SSSR count). The van der Waals surface area contributed by atoms with Crippen molar-refractivity contribution in [3.05, 3.63) is 0 Å². The summed E-state index contributed by atoms with van der Waals surface area (Å²) < 4.78 is 0.392. The highest BCUT2D eigenvalue weighted by Crippen LogP contribution is 2.49. The standard InChI is InChI=1S/C12H25S2/c1-7-11(6,8-2)14-12(13,9-3)10(4)5/h10H,7-9H2,1-6H3. The van der Waals surface area contributed by atoms with Gasteiger partial charge in [-0.1, -0.05) is 54.2 Å². The van der Waals surface area contributed by atoms with Crippen LogP contribution in [0.4, 0.5) is 0 Å². The molecular formula is C12H25S2. The predicted molar refractivity (Wildman–Crippen MR) is 72.0 cm³/mol. The molecule has 0 aromatic heterocycles. The molecule has 0 aliphatic heterocycles. The lowest BCUT2D eigenvalue weighted by Gasteiger charge is -2.39. The van der Waals surface area contributed by atoms with Gasteiger partial charge in [0.25, 0.3) is 0 Å². The highest BCUT2D eigenvalue weighted by atomic mass is 32.2. The molecule has 14 heavy (non-hydrogen) atoms. The maximum absolute atomic E-state index is 5.77. The van der Waals surface area contributed by atoms with Crippen molar-refractivity contribution in [1.29, 1.82) is 0 Å². The Morgan fingerprint density at radius 1 is 1.07 bits per heavy atom. The third-order valence-electron chi connectivity index (χ3n) is 3.29. The summed E-state index contributed by atoms with van der Waals surface area (Å²) in [6, 6.07) is 0. The molecule has 0 amide bonds. The molecular weight excluding hydrogens is 208 g/mol. The van der Waals surface area contributed by atoms with E-state index in [1.54, 1.807) is 0 Å². The van der Waals surface area contributed by atoms with Gasteiger partial charge < -0.3 is 0 Å². The van der Waals surface area contributed by atoms with Gasteiger partial charge in [-0.05, 0) is 25.2 Å². The van der Waals surface area contributed by atoms with Gasteiger partial charge in [0.2, 0.25) is 0 Å². The van der Waals surface area contributed by atoms with E-state index >= 15 is 0 Å². The third kappa shape index (κ3) is 3.69. The number of hydrogen-bond acceptors (Lipinski definition) is 1. The monoisotopic (exact) mass is 233 g/mol. The maximum Gasteiger partial charge on any atom is 0.0740 e. The molecule has 0 nitrogen and oxygen atoms in total. The lowest BCUT2D eigenvalue weighted by atomic mass is 10.1. The Morgan fingerprint density at radius 3 is 1.71 bits per heavy atom. The first-order valence-corrected chi connectivity index (χ1v) is 6.96. The van der Waals surface area contributed by atoms with Gasteiger partial charge in [-0.15, -0.1) is 11.8 Å². The Labute approximate surface area is 100 Å². The Kier molecular flexibility index (Phi) is 5.98. The molecule has 0 heterocycles. The summed E-state index contributed by atoms with van der Waals surface area (Å²) >= 11 is 7.79. The zero-order valence-electron chi connectivity index (χ0n) is 10.5. The molecule has 85 valence electrons. The van der Waals surface area contributed by atoms with Crippen molar-refractivity contribution in [2.75, 3.05) is 0 Å². The fraction of sp³-hybridized carbons (Fsp3) is 1.00. The fourth-order valence-electron chi connectivity index (χ4n) is 1.41. The predicted octanol–water partition coefficient (Wildman–Crippen LogP) is 5.26. The van der Waals surface area contributed by atoms with Gasteiger partial charge in [0.1, 0.15) is 0 Å². The van der Waals surface area contributed by atoms with Gasteiger partial charge in [0.05, 0.1) is 4.08 Å². The molecule has 0 fully saturated rings. The first-order chi connectivity index (χ1) is 6.33. The second kappa shape index (κ2) is 5.69. The molecule has 0 aromatic carbocycles. The van der Waals surface area contributed by atoms with E-state index in [0.717, 1.165) is 6.42 Å². The Balaban J connectivity index is 4.59. The number of hydrogen-bond donors (Lipinski definition) is 0. The van der Waals surface area contributed by atoms with Gasteiger partial charge in [0.15, 0.2) is 0 Å². The van der Waals surface area contributed by atoms with E-state index in [1.807, 2.05) is 11.8 Å². The first-order valence-electron chi connectivity index (χ1n) is 5.74. The van der Waals surface area contributed by atoms with Crippen LogP contribution in [0, 0.1) is 5.92 Å². The van der Waals surface area contributed by atoms with Crippen molar-refractivity contribution < 1.29 is 0 Å². The van der Waals surface area contributed by atoms with Crippen LogP contribution in [-0.2, 0) is 0 Å². The molecule has 0 saturated carbocycles. The van der Waals surface area contributed by atoms with Gasteiger partial charge in [-0.3, -0.25) is 0 Å². The Bertz CT molecular complexity index is 162. The summed E-state index contributed by atoms with van der Waals surface area (Å²) in [5.41, 5.74) is 0. The first kappa shape index (κ1) is 14.7. The smallest absolute Gasteiger partial charge is 0.0740 e. The minimum atomic E-state index is 0.0285.